The highest BCUT2D eigenvalue weighted by molar-refractivity contribution is 7.90. The predicted octanol–water partition coefficient (Wildman–Crippen LogP) is 6.24. The van der Waals surface area contributed by atoms with Gasteiger partial charge in [0.1, 0.15) is 12.4 Å². The molecule has 9 nitrogen and oxygen atoms in total. The highest BCUT2D eigenvalue weighted by Gasteiger charge is 2.45. The molecule has 2 fully saturated rings. The van der Waals surface area contributed by atoms with Crippen molar-refractivity contribution in [3.05, 3.63) is 70.3 Å². The van der Waals surface area contributed by atoms with Crippen molar-refractivity contribution in [2.45, 2.75) is 76.8 Å². The standard InChI is InChI=1S/C38H52ClN3O6S/c1-27-7-6-15-38(3,48-22-19-41-17-20-46-21-18-41)34-13-10-31(34)25-42-16-5-4-8-29-23-33(39)12-9-32(29)26-47-36-14-11-30(24-35(36)42)37(43)40-49(44,45)28(27)2/h6,9,11-12,14-15,23-24,27-28,31,34H,4-5,7-8,10,13,16-22,25-26H2,1-3H3,(H,40,43)/b15-6+/t27-,28+,31-,34+,38-/m0/s1. The predicted molar refractivity (Wildman–Crippen MR) is 194 cm³/mol. The number of fused-ring (bicyclic) bond motifs is 3. The molecule has 0 unspecified atom stereocenters. The number of ether oxygens (including phenoxy) is 3. The molecule has 2 aromatic carbocycles. The van der Waals surface area contributed by atoms with Gasteiger partial charge in [0.05, 0.1) is 36.4 Å². The van der Waals surface area contributed by atoms with E-state index >= 15 is 0 Å². The van der Waals surface area contributed by atoms with Crippen LogP contribution in [-0.2, 0) is 32.5 Å². The van der Waals surface area contributed by atoms with Crippen molar-refractivity contribution < 1.29 is 27.4 Å². The van der Waals surface area contributed by atoms with Gasteiger partial charge in [0.2, 0.25) is 10.0 Å². The van der Waals surface area contributed by atoms with Gasteiger partial charge in [0.15, 0.2) is 0 Å². The van der Waals surface area contributed by atoms with Crippen LogP contribution in [0.15, 0.2) is 48.6 Å². The fourth-order valence-corrected chi connectivity index (χ4v) is 9.18. The van der Waals surface area contributed by atoms with Gasteiger partial charge in [-0.15, -0.1) is 0 Å². The monoisotopic (exact) mass is 713 g/mol. The number of carbonyl (C=O) groups excluding carboxylic acids is 1. The van der Waals surface area contributed by atoms with Crippen LogP contribution in [-0.4, -0.2) is 82.6 Å². The first-order chi connectivity index (χ1) is 23.5. The Morgan fingerprint density at radius 3 is 2.63 bits per heavy atom. The maximum atomic E-state index is 13.5. The molecule has 0 aromatic heterocycles. The SMILES string of the molecule is C[C@@H]1[C@@H](C)C/C=C/[C@](C)(OCCN2CCOCC2)[C@@H]2CC[C@H]2CN2CCCCc3cc(Cl)ccc3COc3ccc(cc32)C(=O)NS1(=O)=O. The van der Waals surface area contributed by atoms with Crippen LogP contribution in [0.25, 0.3) is 0 Å². The lowest BCUT2D eigenvalue weighted by molar-refractivity contribution is -0.0937. The minimum absolute atomic E-state index is 0.210. The lowest BCUT2D eigenvalue weighted by Gasteiger charge is -2.49. The zero-order valence-corrected chi connectivity index (χ0v) is 30.7. The molecule has 0 radical (unpaired) electrons. The summed E-state index contributed by atoms with van der Waals surface area (Å²) < 4.78 is 48.2. The number of anilines is 1. The molecule has 0 spiro atoms. The molecule has 49 heavy (non-hydrogen) atoms. The van der Waals surface area contributed by atoms with Crippen molar-refractivity contribution in [3.63, 3.8) is 0 Å². The number of nitrogens with zero attached hydrogens (tertiary/aromatic N) is 2. The summed E-state index contributed by atoms with van der Waals surface area (Å²) in [6, 6.07) is 11.2. The second kappa shape index (κ2) is 15.7. The first-order valence-electron chi connectivity index (χ1n) is 18.0. The van der Waals surface area contributed by atoms with Crippen LogP contribution >= 0.6 is 11.6 Å². The van der Waals surface area contributed by atoms with Crippen LogP contribution < -0.4 is 14.4 Å². The van der Waals surface area contributed by atoms with Crippen LogP contribution in [0, 0.1) is 17.8 Å². The van der Waals surface area contributed by atoms with Crippen LogP contribution in [0.1, 0.15) is 74.4 Å². The van der Waals surface area contributed by atoms with E-state index in [-0.39, 0.29) is 5.92 Å². The average molecular weight is 714 g/mol. The number of hydrogen-bond acceptors (Lipinski definition) is 8. The van der Waals surface area contributed by atoms with Gasteiger partial charge in [0.25, 0.3) is 5.91 Å². The maximum Gasteiger partial charge on any atom is 0.264 e. The number of amides is 1. The fraction of sp³-hybridized carbons (Fsp3) is 0.605. The van der Waals surface area contributed by atoms with Gasteiger partial charge in [-0.25, -0.2) is 13.1 Å². The normalized spacial score (nSPS) is 30.4. The van der Waals surface area contributed by atoms with Gasteiger partial charge >= 0.3 is 0 Å². The smallest absolute Gasteiger partial charge is 0.264 e. The molecule has 2 aromatic rings. The average Bonchev–Trinajstić information content (AvgIpc) is 3.09. The number of rotatable bonds is 4. The molecule has 4 aliphatic rings. The van der Waals surface area contributed by atoms with Gasteiger partial charge in [-0.3, -0.25) is 9.69 Å². The third-order valence-corrected chi connectivity index (χ3v) is 13.4. The number of allylic oxidation sites excluding steroid dienone is 1. The summed E-state index contributed by atoms with van der Waals surface area (Å²) in [6.07, 6.45) is 9.81. The summed E-state index contributed by atoms with van der Waals surface area (Å²) in [5, 5.41) is -0.0538. The van der Waals surface area contributed by atoms with E-state index in [1.54, 1.807) is 13.0 Å². The molecule has 1 aliphatic carbocycles. The van der Waals surface area contributed by atoms with Gasteiger partial charge in [-0.05, 0) is 112 Å². The molecule has 6 rings (SSSR count). The highest BCUT2D eigenvalue weighted by Crippen LogP contribution is 2.46. The molecule has 1 amide bonds. The second-order valence-corrected chi connectivity index (χ2v) is 17.0. The van der Waals surface area contributed by atoms with Crippen LogP contribution in [0.2, 0.25) is 5.02 Å². The summed E-state index contributed by atoms with van der Waals surface area (Å²) in [5.74, 6) is 0.498. The van der Waals surface area contributed by atoms with Crippen molar-refractivity contribution in [2.24, 2.45) is 17.8 Å². The molecule has 3 aliphatic heterocycles. The number of nitrogens with one attached hydrogen (secondary N) is 1. The Balaban J connectivity index is 1.34. The summed E-state index contributed by atoms with van der Waals surface area (Å²) in [7, 11) is -3.94. The molecule has 268 valence electrons. The molecule has 1 saturated heterocycles. The number of benzene rings is 2. The van der Waals surface area contributed by atoms with E-state index in [1.807, 2.05) is 37.3 Å². The summed E-state index contributed by atoms with van der Waals surface area (Å²) in [4.78, 5) is 18.3. The van der Waals surface area contributed by atoms with Gasteiger partial charge in [0, 0.05) is 43.3 Å². The Labute approximate surface area is 297 Å². The summed E-state index contributed by atoms with van der Waals surface area (Å²) in [5.41, 5.74) is 2.89. The molecule has 11 heteroatoms. The molecule has 3 heterocycles. The van der Waals surface area contributed by atoms with E-state index in [0.717, 1.165) is 89.3 Å². The quantitative estimate of drug-likeness (QED) is 0.372. The van der Waals surface area contributed by atoms with Crippen molar-refractivity contribution in [1.29, 1.82) is 0 Å². The van der Waals surface area contributed by atoms with Gasteiger partial charge in [-0.1, -0.05) is 36.7 Å². The summed E-state index contributed by atoms with van der Waals surface area (Å²) in [6.45, 7) is 12.5. The number of sulfonamides is 1. The summed E-state index contributed by atoms with van der Waals surface area (Å²) >= 11 is 6.38. The first kappa shape index (κ1) is 36.2. The van der Waals surface area contributed by atoms with E-state index in [0.29, 0.717) is 47.8 Å². The van der Waals surface area contributed by atoms with E-state index in [1.165, 1.54) is 5.56 Å². The van der Waals surface area contributed by atoms with Crippen LogP contribution in [0.3, 0.4) is 0 Å². The van der Waals surface area contributed by atoms with Crippen LogP contribution in [0.5, 0.6) is 5.75 Å². The van der Waals surface area contributed by atoms with Crippen molar-refractivity contribution >= 4 is 33.2 Å². The minimum atomic E-state index is -3.94. The largest absolute Gasteiger partial charge is 0.487 e. The zero-order chi connectivity index (χ0) is 34.6. The lowest BCUT2D eigenvalue weighted by Crippen LogP contribution is -2.50. The van der Waals surface area contributed by atoms with Crippen molar-refractivity contribution in [3.8, 4) is 5.75 Å². The molecular formula is C38H52ClN3O6S. The molecule has 1 N–H and O–H groups in total. The minimum Gasteiger partial charge on any atom is -0.487 e. The lowest BCUT2D eigenvalue weighted by atomic mass is 9.64. The fourth-order valence-electron chi connectivity index (χ4n) is 7.70. The Morgan fingerprint density at radius 1 is 1.04 bits per heavy atom. The van der Waals surface area contributed by atoms with Gasteiger partial charge < -0.3 is 19.1 Å². The topological polar surface area (TPSA) is 97.4 Å². The van der Waals surface area contributed by atoms with E-state index in [2.05, 4.69) is 33.6 Å². The first-order valence-corrected chi connectivity index (χ1v) is 19.9. The zero-order valence-electron chi connectivity index (χ0n) is 29.2. The molecule has 1 saturated carbocycles. The Morgan fingerprint density at radius 2 is 1.86 bits per heavy atom. The molecule has 5 atom stereocenters. The second-order valence-electron chi connectivity index (χ2n) is 14.5. The van der Waals surface area contributed by atoms with Crippen LogP contribution in [0.4, 0.5) is 5.69 Å². The molecular weight excluding hydrogens is 662 g/mol. The number of aryl methyl sites for hydroxylation is 1. The van der Waals surface area contributed by atoms with Crippen molar-refractivity contribution in [2.75, 3.05) is 57.4 Å². The number of hydrogen-bond donors (Lipinski definition) is 1. The Hall–Kier alpha value is -2.63. The van der Waals surface area contributed by atoms with E-state index < -0.39 is 26.8 Å². The van der Waals surface area contributed by atoms with E-state index in [4.69, 9.17) is 25.8 Å². The third kappa shape index (κ3) is 8.64. The number of carbonyl (C=O) groups is 1. The van der Waals surface area contributed by atoms with Gasteiger partial charge in [-0.2, -0.15) is 0 Å². The van der Waals surface area contributed by atoms with E-state index in [9.17, 15) is 13.2 Å². The number of morpholine rings is 1. The highest BCUT2D eigenvalue weighted by atomic mass is 35.5. The Bertz CT molecular complexity index is 1610. The third-order valence-electron chi connectivity index (χ3n) is 11.3. The maximum absolute atomic E-state index is 13.5. The number of halogens is 1. The molecule has 2 bridgehead atoms. The van der Waals surface area contributed by atoms with Crippen molar-refractivity contribution in [1.82, 2.24) is 9.62 Å². The Kier molecular flexibility index (Phi) is 11.6.